The van der Waals surface area contributed by atoms with Crippen LogP contribution in [0.5, 0.6) is 0 Å². The predicted octanol–water partition coefficient (Wildman–Crippen LogP) is 1.49. The van der Waals surface area contributed by atoms with Gasteiger partial charge in [0.25, 0.3) is 0 Å². The molecule has 98 valence electrons. The van der Waals surface area contributed by atoms with E-state index in [1.807, 2.05) is 7.11 Å². The number of ether oxygens (including phenoxy) is 1. The van der Waals surface area contributed by atoms with Crippen molar-refractivity contribution in [3.8, 4) is 0 Å². The van der Waals surface area contributed by atoms with Crippen LogP contribution in [0.1, 0.15) is 32.1 Å². The Balaban J connectivity index is 1.48. The van der Waals surface area contributed by atoms with Gasteiger partial charge in [-0.05, 0) is 44.1 Å². The molecule has 0 radical (unpaired) electrons. The quantitative estimate of drug-likeness (QED) is 0.806. The van der Waals surface area contributed by atoms with Gasteiger partial charge in [-0.2, -0.15) is 0 Å². The third-order valence-electron chi connectivity index (χ3n) is 5.20. The van der Waals surface area contributed by atoms with E-state index in [1.54, 1.807) is 0 Å². The second kappa shape index (κ2) is 5.25. The normalized spacial score (nSPS) is 39.7. The van der Waals surface area contributed by atoms with Gasteiger partial charge in [0, 0.05) is 32.8 Å². The van der Waals surface area contributed by atoms with Crippen molar-refractivity contribution in [2.45, 2.75) is 44.2 Å². The highest BCUT2D eigenvalue weighted by Crippen LogP contribution is 2.38. The average Bonchev–Trinajstić information content (AvgIpc) is 2.95. The fourth-order valence-electron chi connectivity index (χ4n) is 4.11. The molecule has 3 heteroatoms. The van der Waals surface area contributed by atoms with Gasteiger partial charge in [-0.3, -0.25) is 0 Å². The van der Waals surface area contributed by atoms with Crippen molar-refractivity contribution in [3.63, 3.8) is 0 Å². The maximum absolute atomic E-state index is 5.44. The van der Waals surface area contributed by atoms with Crippen molar-refractivity contribution in [1.82, 2.24) is 10.2 Å². The van der Waals surface area contributed by atoms with E-state index in [0.29, 0.717) is 6.10 Å². The number of hydrogen-bond acceptors (Lipinski definition) is 3. The third-order valence-corrected chi connectivity index (χ3v) is 5.20. The molecule has 17 heavy (non-hydrogen) atoms. The molecule has 3 aliphatic rings. The van der Waals surface area contributed by atoms with Crippen molar-refractivity contribution in [2.75, 3.05) is 33.3 Å². The zero-order valence-corrected chi connectivity index (χ0v) is 11.0. The van der Waals surface area contributed by atoms with Crippen molar-refractivity contribution < 1.29 is 4.74 Å². The van der Waals surface area contributed by atoms with Gasteiger partial charge >= 0.3 is 0 Å². The van der Waals surface area contributed by atoms with Crippen LogP contribution in [-0.2, 0) is 4.74 Å². The van der Waals surface area contributed by atoms with Crippen LogP contribution in [0.15, 0.2) is 0 Å². The zero-order valence-electron chi connectivity index (χ0n) is 11.0. The molecule has 1 aliphatic carbocycles. The summed E-state index contributed by atoms with van der Waals surface area (Å²) in [5.74, 6) is 1.98. The Morgan fingerprint density at radius 3 is 2.76 bits per heavy atom. The van der Waals surface area contributed by atoms with E-state index < -0.39 is 0 Å². The summed E-state index contributed by atoms with van der Waals surface area (Å²) >= 11 is 0. The first-order valence-electron chi connectivity index (χ1n) is 7.35. The minimum absolute atomic E-state index is 0.516. The largest absolute Gasteiger partial charge is 0.381 e. The first-order valence-corrected chi connectivity index (χ1v) is 7.35. The highest BCUT2D eigenvalue weighted by Gasteiger charge is 2.39. The first-order chi connectivity index (χ1) is 8.36. The first kappa shape index (κ1) is 11.9. The number of likely N-dealkylation sites (tertiary alicyclic amines) is 1. The molecule has 0 aromatic carbocycles. The van der Waals surface area contributed by atoms with E-state index in [2.05, 4.69) is 10.2 Å². The van der Waals surface area contributed by atoms with Gasteiger partial charge in [0.1, 0.15) is 0 Å². The maximum Gasteiger partial charge on any atom is 0.0595 e. The molecule has 3 atom stereocenters. The molecular weight excluding hydrogens is 212 g/mol. The molecule has 2 heterocycles. The minimum Gasteiger partial charge on any atom is -0.381 e. The molecule has 0 amide bonds. The molecule has 1 N–H and O–H groups in total. The van der Waals surface area contributed by atoms with Crippen molar-refractivity contribution in [1.29, 1.82) is 0 Å². The monoisotopic (exact) mass is 238 g/mol. The number of piperidine rings is 1. The van der Waals surface area contributed by atoms with Crippen LogP contribution < -0.4 is 5.32 Å². The Kier molecular flexibility index (Phi) is 3.69. The standard InChI is InChI=1S/C14H26N2O/c1-17-12-5-7-16(8-6-12)10-14-13-4-2-3-11(13)9-15-14/h11-15H,2-10H2,1H3. The van der Waals surface area contributed by atoms with Gasteiger partial charge in [0.2, 0.25) is 0 Å². The minimum atomic E-state index is 0.516. The summed E-state index contributed by atoms with van der Waals surface area (Å²) < 4.78 is 5.44. The van der Waals surface area contributed by atoms with E-state index in [-0.39, 0.29) is 0 Å². The van der Waals surface area contributed by atoms with Crippen molar-refractivity contribution >= 4 is 0 Å². The Labute approximate surface area is 105 Å². The van der Waals surface area contributed by atoms with Crippen LogP contribution in [0.4, 0.5) is 0 Å². The number of fused-ring (bicyclic) bond motifs is 1. The molecule has 0 spiro atoms. The summed E-state index contributed by atoms with van der Waals surface area (Å²) in [4.78, 5) is 2.65. The zero-order chi connectivity index (χ0) is 11.7. The summed E-state index contributed by atoms with van der Waals surface area (Å²) in [5, 5.41) is 3.76. The smallest absolute Gasteiger partial charge is 0.0595 e. The molecule has 2 aliphatic heterocycles. The Morgan fingerprint density at radius 2 is 2.00 bits per heavy atom. The maximum atomic E-state index is 5.44. The van der Waals surface area contributed by atoms with Crippen LogP contribution >= 0.6 is 0 Å². The van der Waals surface area contributed by atoms with Gasteiger partial charge in [0.15, 0.2) is 0 Å². The Morgan fingerprint density at radius 1 is 1.18 bits per heavy atom. The molecular formula is C14H26N2O. The summed E-state index contributed by atoms with van der Waals surface area (Å²) in [6, 6.07) is 0.779. The lowest BCUT2D eigenvalue weighted by Gasteiger charge is -2.34. The molecule has 3 nitrogen and oxygen atoms in total. The highest BCUT2D eigenvalue weighted by atomic mass is 16.5. The molecule has 3 unspecified atom stereocenters. The Bertz CT molecular complexity index is 251. The summed E-state index contributed by atoms with van der Waals surface area (Å²) in [6.07, 6.45) is 7.37. The van der Waals surface area contributed by atoms with Crippen LogP contribution in [-0.4, -0.2) is 50.3 Å². The number of hydrogen-bond donors (Lipinski definition) is 1. The van der Waals surface area contributed by atoms with E-state index in [1.165, 1.54) is 58.3 Å². The fourth-order valence-corrected chi connectivity index (χ4v) is 4.11. The molecule has 2 saturated heterocycles. The van der Waals surface area contributed by atoms with Crippen molar-refractivity contribution in [3.05, 3.63) is 0 Å². The van der Waals surface area contributed by atoms with Gasteiger partial charge in [-0.15, -0.1) is 0 Å². The van der Waals surface area contributed by atoms with E-state index in [9.17, 15) is 0 Å². The number of rotatable bonds is 3. The topological polar surface area (TPSA) is 24.5 Å². The molecule has 0 bridgehead atoms. The highest BCUT2D eigenvalue weighted by molar-refractivity contribution is 4.95. The lowest BCUT2D eigenvalue weighted by molar-refractivity contribution is 0.0374. The summed E-state index contributed by atoms with van der Waals surface area (Å²) in [7, 11) is 1.85. The SMILES string of the molecule is COC1CCN(CC2NCC3CCCC32)CC1. The molecule has 0 aromatic rings. The lowest BCUT2D eigenvalue weighted by Crippen LogP contribution is -2.45. The molecule has 3 rings (SSSR count). The average molecular weight is 238 g/mol. The Hall–Kier alpha value is -0.120. The summed E-state index contributed by atoms with van der Waals surface area (Å²) in [6.45, 7) is 5.02. The second-order valence-corrected chi connectivity index (χ2v) is 6.11. The van der Waals surface area contributed by atoms with Gasteiger partial charge in [0.05, 0.1) is 6.10 Å². The van der Waals surface area contributed by atoms with E-state index in [4.69, 9.17) is 4.74 Å². The van der Waals surface area contributed by atoms with Gasteiger partial charge < -0.3 is 15.0 Å². The van der Waals surface area contributed by atoms with Gasteiger partial charge in [-0.25, -0.2) is 0 Å². The third kappa shape index (κ3) is 2.51. The predicted molar refractivity (Wildman–Crippen MR) is 69.1 cm³/mol. The van der Waals surface area contributed by atoms with Crippen LogP contribution in [0.3, 0.4) is 0 Å². The van der Waals surface area contributed by atoms with E-state index >= 15 is 0 Å². The number of nitrogens with one attached hydrogen (secondary N) is 1. The lowest BCUT2D eigenvalue weighted by atomic mass is 9.93. The van der Waals surface area contributed by atoms with Crippen LogP contribution in [0, 0.1) is 11.8 Å². The second-order valence-electron chi connectivity index (χ2n) is 6.11. The molecule has 0 aromatic heterocycles. The van der Waals surface area contributed by atoms with E-state index in [0.717, 1.165) is 17.9 Å². The molecule has 3 fully saturated rings. The fraction of sp³-hybridized carbons (Fsp3) is 1.00. The van der Waals surface area contributed by atoms with Gasteiger partial charge in [-0.1, -0.05) is 6.42 Å². The number of nitrogens with zero attached hydrogens (tertiary/aromatic N) is 1. The van der Waals surface area contributed by atoms with Crippen LogP contribution in [0.2, 0.25) is 0 Å². The number of methoxy groups -OCH3 is 1. The van der Waals surface area contributed by atoms with Crippen molar-refractivity contribution in [2.24, 2.45) is 11.8 Å². The van der Waals surface area contributed by atoms with Crippen LogP contribution in [0.25, 0.3) is 0 Å². The molecule has 1 saturated carbocycles. The summed E-state index contributed by atoms with van der Waals surface area (Å²) in [5.41, 5.74) is 0.